The van der Waals surface area contributed by atoms with Crippen molar-refractivity contribution in [2.75, 3.05) is 13.1 Å². The van der Waals surface area contributed by atoms with Crippen LogP contribution in [0.2, 0.25) is 0 Å². The average Bonchev–Trinajstić information content (AvgIpc) is 2.73. The zero-order valence-corrected chi connectivity index (χ0v) is 10.7. The van der Waals surface area contributed by atoms with Gasteiger partial charge in [-0.05, 0) is 30.6 Å². The van der Waals surface area contributed by atoms with Gasteiger partial charge in [0, 0.05) is 25.2 Å². The largest absolute Gasteiger partial charge is 0.339 e. The van der Waals surface area contributed by atoms with Gasteiger partial charge in [0.25, 0.3) is 0 Å². The van der Waals surface area contributed by atoms with Crippen LogP contribution >= 0.6 is 12.4 Å². The highest BCUT2D eigenvalue weighted by Crippen LogP contribution is 2.12. The van der Waals surface area contributed by atoms with Crippen LogP contribution in [0.4, 0.5) is 0 Å². The summed E-state index contributed by atoms with van der Waals surface area (Å²) in [5.41, 5.74) is 1.10. The number of aromatic nitrogens is 3. The first-order valence-corrected chi connectivity index (χ1v) is 5.81. The fourth-order valence-electron chi connectivity index (χ4n) is 1.87. The van der Waals surface area contributed by atoms with Crippen LogP contribution in [-0.4, -0.2) is 28.2 Å². The molecule has 3 rings (SSSR count). The van der Waals surface area contributed by atoms with Crippen molar-refractivity contribution < 1.29 is 4.52 Å². The summed E-state index contributed by atoms with van der Waals surface area (Å²) in [6, 6.07) is 3.93. The number of hydrogen-bond acceptors (Lipinski definition) is 5. The van der Waals surface area contributed by atoms with Crippen LogP contribution in [0.25, 0.3) is 0 Å². The van der Waals surface area contributed by atoms with E-state index in [1.807, 2.05) is 18.3 Å². The van der Waals surface area contributed by atoms with E-state index >= 15 is 0 Å². The van der Waals surface area contributed by atoms with Gasteiger partial charge in [-0.2, -0.15) is 4.98 Å². The molecule has 1 aliphatic heterocycles. The Morgan fingerprint density at radius 3 is 2.94 bits per heavy atom. The molecule has 3 heterocycles. The van der Waals surface area contributed by atoms with Crippen LogP contribution < -0.4 is 5.32 Å². The Hall–Kier alpha value is -1.46. The maximum Gasteiger partial charge on any atom is 0.227 e. The number of rotatable bonds is 4. The predicted molar refractivity (Wildman–Crippen MR) is 68.7 cm³/mol. The monoisotopic (exact) mass is 266 g/mol. The quantitative estimate of drug-likeness (QED) is 0.902. The van der Waals surface area contributed by atoms with Crippen molar-refractivity contribution in [1.82, 2.24) is 20.4 Å². The van der Waals surface area contributed by atoms with E-state index in [0.29, 0.717) is 12.3 Å². The Kier molecular flexibility index (Phi) is 4.28. The minimum absolute atomic E-state index is 0. The third-order valence-corrected chi connectivity index (χ3v) is 2.92. The lowest BCUT2D eigenvalue weighted by atomic mass is 10.00. The van der Waals surface area contributed by atoms with Crippen LogP contribution in [0.1, 0.15) is 17.3 Å². The molecule has 0 spiro atoms. The van der Waals surface area contributed by atoms with Crippen molar-refractivity contribution >= 4 is 12.4 Å². The van der Waals surface area contributed by atoms with Gasteiger partial charge in [0.1, 0.15) is 0 Å². The lowest BCUT2D eigenvalue weighted by Crippen LogP contribution is -2.43. The molecule has 1 aliphatic rings. The van der Waals surface area contributed by atoms with Crippen molar-refractivity contribution in [3.05, 3.63) is 41.8 Å². The van der Waals surface area contributed by atoms with Gasteiger partial charge in [-0.3, -0.25) is 4.98 Å². The third kappa shape index (κ3) is 3.05. The van der Waals surface area contributed by atoms with Gasteiger partial charge in [0.15, 0.2) is 5.82 Å². The summed E-state index contributed by atoms with van der Waals surface area (Å²) in [4.78, 5) is 8.46. The van der Waals surface area contributed by atoms with Crippen molar-refractivity contribution in [3.63, 3.8) is 0 Å². The fourth-order valence-corrected chi connectivity index (χ4v) is 1.87. The summed E-state index contributed by atoms with van der Waals surface area (Å²) in [7, 11) is 0. The maximum atomic E-state index is 5.23. The van der Waals surface area contributed by atoms with Crippen LogP contribution in [-0.2, 0) is 12.8 Å². The van der Waals surface area contributed by atoms with E-state index in [-0.39, 0.29) is 12.4 Å². The van der Waals surface area contributed by atoms with E-state index in [1.165, 1.54) is 0 Å². The molecule has 96 valence electrons. The molecule has 0 unspecified atom stereocenters. The van der Waals surface area contributed by atoms with Crippen molar-refractivity contribution in [2.24, 2.45) is 5.92 Å². The second-order valence-corrected chi connectivity index (χ2v) is 4.37. The molecule has 0 aliphatic carbocycles. The molecule has 2 aromatic rings. The molecule has 0 aromatic carbocycles. The van der Waals surface area contributed by atoms with Gasteiger partial charge in [-0.25, -0.2) is 0 Å². The Bertz CT molecular complexity index is 484. The fraction of sp³-hybridized carbons (Fsp3) is 0.417. The first-order chi connectivity index (χ1) is 8.40. The van der Waals surface area contributed by atoms with E-state index in [0.717, 1.165) is 36.8 Å². The summed E-state index contributed by atoms with van der Waals surface area (Å²) < 4.78 is 5.23. The van der Waals surface area contributed by atoms with Gasteiger partial charge >= 0.3 is 0 Å². The lowest BCUT2D eigenvalue weighted by molar-refractivity contribution is 0.295. The summed E-state index contributed by atoms with van der Waals surface area (Å²) >= 11 is 0. The predicted octanol–water partition coefficient (Wildman–Crippen LogP) is 1.24. The van der Waals surface area contributed by atoms with E-state index < -0.39 is 0 Å². The SMILES string of the molecule is Cl.c1cncc(Cc2noc(CC3CNC3)n2)c1. The zero-order chi connectivity index (χ0) is 11.5. The highest BCUT2D eigenvalue weighted by molar-refractivity contribution is 5.85. The van der Waals surface area contributed by atoms with Crippen molar-refractivity contribution in [3.8, 4) is 0 Å². The Labute approximate surface area is 111 Å². The van der Waals surface area contributed by atoms with Gasteiger partial charge < -0.3 is 9.84 Å². The summed E-state index contributed by atoms with van der Waals surface area (Å²) in [5.74, 6) is 2.14. The van der Waals surface area contributed by atoms with E-state index in [2.05, 4.69) is 20.4 Å². The summed E-state index contributed by atoms with van der Waals surface area (Å²) in [5, 5.41) is 7.22. The highest BCUT2D eigenvalue weighted by Gasteiger charge is 2.20. The minimum atomic E-state index is 0. The molecule has 2 aromatic heterocycles. The van der Waals surface area contributed by atoms with Crippen molar-refractivity contribution in [2.45, 2.75) is 12.8 Å². The molecule has 0 saturated carbocycles. The zero-order valence-electron chi connectivity index (χ0n) is 9.87. The lowest BCUT2D eigenvalue weighted by Gasteiger charge is -2.25. The number of halogens is 1. The molecule has 0 radical (unpaired) electrons. The Morgan fingerprint density at radius 1 is 1.39 bits per heavy atom. The molecule has 18 heavy (non-hydrogen) atoms. The second-order valence-electron chi connectivity index (χ2n) is 4.37. The summed E-state index contributed by atoms with van der Waals surface area (Å²) in [6.45, 7) is 2.11. The molecule has 1 fully saturated rings. The van der Waals surface area contributed by atoms with E-state index in [1.54, 1.807) is 6.20 Å². The van der Waals surface area contributed by atoms with Crippen molar-refractivity contribution in [1.29, 1.82) is 0 Å². The first kappa shape index (κ1) is 13.0. The number of nitrogens with one attached hydrogen (secondary N) is 1. The van der Waals surface area contributed by atoms with Gasteiger partial charge in [-0.1, -0.05) is 11.2 Å². The van der Waals surface area contributed by atoms with E-state index in [4.69, 9.17) is 4.52 Å². The van der Waals surface area contributed by atoms with Crippen LogP contribution in [0.15, 0.2) is 29.0 Å². The van der Waals surface area contributed by atoms with Gasteiger partial charge in [0.05, 0.1) is 0 Å². The average molecular weight is 267 g/mol. The van der Waals surface area contributed by atoms with Gasteiger partial charge in [-0.15, -0.1) is 12.4 Å². The minimum Gasteiger partial charge on any atom is -0.339 e. The molecular formula is C12H15ClN4O. The van der Waals surface area contributed by atoms with Crippen LogP contribution in [0.5, 0.6) is 0 Å². The molecule has 6 heteroatoms. The molecule has 5 nitrogen and oxygen atoms in total. The highest BCUT2D eigenvalue weighted by atomic mass is 35.5. The second kappa shape index (κ2) is 5.93. The maximum absolute atomic E-state index is 5.23. The summed E-state index contributed by atoms with van der Waals surface area (Å²) in [6.07, 6.45) is 5.15. The number of hydrogen-bond donors (Lipinski definition) is 1. The molecular weight excluding hydrogens is 252 g/mol. The third-order valence-electron chi connectivity index (χ3n) is 2.92. The Balaban J connectivity index is 0.00000120. The number of pyridine rings is 1. The Morgan fingerprint density at radius 2 is 2.28 bits per heavy atom. The molecule has 0 atom stereocenters. The molecule has 1 saturated heterocycles. The first-order valence-electron chi connectivity index (χ1n) is 5.81. The van der Waals surface area contributed by atoms with Crippen LogP contribution in [0, 0.1) is 5.92 Å². The molecule has 1 N–H and O–H groups in total. The molecule has 0 bridgehead atoms. The normalized spacial score (nSPS) is 14.9. The smallest absolute Gasteiger partial charge is 0.227 e. The topological polar surface area (TPSA) is 63.8 Å². The standard InChI is InChI=1S/C12H14N4O.ClH/c1-2-9(6-13-3-1)4-11-15-12(17-16-11)5-10-7-14-8-10;/h1-3,6,10,14H,4-5,7-8H2;1H. The van der Waals surface area contributed by atoms with Gasteiger partial charge in [0.2, 0.25) is 5.89 Å². The van der Waals surface area contributed by atoms with Crippen LogP contribution in [0.3, 0.4) is 0 Å². The molecule has 0 amide bonds. The number of nitrogens with zero attached hydrogens (tertiary/aromatic N) is 3. The van der Waals surface area contributed by atoms with E-state index in [9.17, 15) is 0 Å².